The van der Waals surface area contributed by atoms with Crippen molar-refractivity contribution in [3.63, 3.8) is 0 Å². The highest BCUT2D eigenvalue weighted by Crippen LogP contribution is 2.42. The molecule has 2 N–H and O–H groups in total. The van der Waals surface area contributed by atoms with Gasteiger partial charge in [0.25, 0.3) is 0 Å². The minimum atomic E-state index is -0.313. The number of likely N-dealkylation sites (tertiary alicyclic amines) is 1. The highest BCUT2D eigenvalue weighted by Gasteiger charge is 2.45. The van der Waals surface area contributed by atoms with Crippen molar-refractivity contribution < 1.29 is 9.59 Å². The van der Waals surface area contributed by atoms with Crippen molar-refractivity contribution in [3.8, 4) is 0 Å². The van der Waals surface area contributed by atoms with E-state index in [9.17, 15) is 9.59 Å². The van der Waals surface area contributed by atoms with Gasteiger partial charge in [0.1, 0.15) is 0 Å². The molecule has 1 saturated heterocycles. The number of carbonyl (C=O) groups is 2. The molecule has 0 spiro atoms. The SMILES string of the molecule is Cc1cccc([C@@H]2[C@@H](C(=O)c3ccccc3)CN(CCCN)C[C@H]2C(=O)c2ccccc2)c1C. The summed E-state index contributed by atoms with van der Waals surface area (Å²) in [4.78, 5) is 30.2. The lowest BCUT2D eigenvalue weighted by molar-refractivity contribution is 0.0571. The van der Waals surface area contributed by atoms with Gasteiger partial charge in [-0.3, -0.25) is 9.59 Å². The summed E-state index contributed by atoms with van der Waals surface area (Å²) in [7, 11) is 0. The Morgan fingerprint density at radius 3 is 1.82 bits per heavy atom. The predicted molar refractivity (Wildman–Crippen MR) is 137 cm³/mol. The lowest BCUT2D eigenvalue weighted by Crippen LogP contribution is -2.51. The zero-order valence-corrected chi connectivity index (χ0v) is 20.1. The molecule has 3 aromatic carbocycles. The van der Waals surface area contributed by atoms with Crippen LogP contribution < -0.4 is 5.73 Å². The fourth-order valence-electron chi connectivity index (χ4n) is 5.33. The van der Waals surface area contributed by atoms with Crippen LogP contribution in [0.3, 0.4) is 0 Å². The number of nitrogens with zero attached hydrogens (tertiary/aromatic N) is 1. The Morgan fingerprint density at radius 1 is 0.794 bits per heavy atom. The Morgan fingerprint density at radius 2 is 1.32 bits per heavy atom. The topological polar surface area (TPSA) is 63.4 Å². The van der Waals surface area contributed by atoms with Gasteiger partial charge >= 0.3 is 0 Å². The van der Waals surface area contributed by atoms with Gasteiger partial charge in [-0.2, -0.15) is 0 Å². The number of aryl methyl sites for hydroxylation is 1. The van der Waals surface area contributed by atoms with Crippen LogP contribution in [0.25, 0.3) is 0 Å². The molecule has 0 aromatic heterocycles. The fourth-order valence-corrected chi connectivity index (χ4v) is 5.33. The van der Waals surface area contributed by atoms with Crippen molar-refractivity contribution in [1.82, 2.24) is 4.90 Å². The largest absolute Gasteiger partial charge is 0.330 e. The molecule has 4 nitrogen and oxygen atoms in total. The minimum absolute atomic E-state index is 0.106. The van der Waals surface area contributed by atoms with E-state index >= 15 is 0 Å². The summed E-state index contributed by atoms with van der Waals surface area (Å²) in [6.07, 6.45) is 0.840. The van der Waals surface area contributed by atoms with Gasteiger partial charge in [-0.15, -0.1) is 0 Å². The van der Waals surface area contributed by atoms with E-state index in [4.69, 9.17) is 5.73 Å². The van der Waals surface area contributed by atoms with Gasteiger partial charge in [0.05, 0.1) is 0 Å². The maximum absolute atomic E-state index is 13.9. The second-order valence-electron chi connectivity index (χ2n) is 9.39. The summed E-state index contributed by atoms with van der Waals surface area (Å²) in [6.45, 7) is 6.84. The third-order valence-electron chi connectivity index (χ3n) is 7.25. The molecule has 0 unspecified atom stereocenters. The van der Waals surface area contributed by atoms with Crippen LogP contribution in [0, 0.1) is 25.7 Å². The molecule has 4 rings (SSSR count). The van der Waals surface area contributed by atoms with E-state index in [1.54, 1.807) is 0 Å². The normalized spacial score (nSPS) is 20.7. The maximum atomic E-state index is 13.9. The molecule has 4 heteroatoms. The maximum Gasteiger partial charge on any atom is 0.167 e. The molecule has 0 bridgehead atoms. The number of nitrogens with two attached hydrogens (primary N) is 1. The first kappa shape index (κ1) is 24.1. The van der Waals surface area contributed by atoms with Crippen molar-refractivity contribution >= 4 is 11.6 Å². The molecule has 3 atom stereocenters. The average molecular weight is 455 g/mol. The van der Waals surface area contributed by atoms with Crippen molar-refractivity contribution in [3.05, 3.63) is 107 Å². The zero-order chi connectivity index (χ0) is 24.1. The molecule has 1 fully saturated rings. The molecule has 0 saturated carbocycles. The van der Waals surface area contributed by atoms with Crippen molar-refractivity contribution in [2.24, 2.45) is 17.6 Å². The molecule has 1 heterocycles. The standard InChI is InChI=1S/C30H34N2O2/c1-21-11-9-16-25(22(21)2)28-26(29(33)23-12-5-3-6-13-23)19-32(18-10-17-31)20-27(28)30(34)24-14-7-4-8-15-24/h3-9,11-16,26-28H,10,17-20,31H2,1-2H3/t26-,27+,28+. The Kier molecular flexibility index (Phi) is 7.71. The lowest BCUT2D eigenvalue weighted by atomic mass is 9.67. The third kappa shape index (κ3) is 5.03. The van der Waals surface area contributed by atoms with Crippen LogP contribution in [0.5, 0.6) is 0 Å². The summed E-state index contributed by atoms with van der Waals surface area (Å²) >= 11 is 0. The van der Waals surface area contributed by atoms with Gasteiger partial charge in [-0.25, -0.2) is 0 Å². The Labute approximate surface area is 202 Å². The molecule has 1 aliphatic heterocycles. The van der Waals surface area contributed by atoms with Crippen LogP contribution in [-0.4, -0.2) is 42.6 Å². The Bertz CT molecular complexity index is 1070. The molecule has 1 aliphatic rings. The second kappa shape index (κ2) is 10.9. The van der Waals surface area contributed by atoms with Gasteiger partial charge in [0.15, 0.2) is 11.6 Å². The smallest absolute Gasteiger partial charge is 0.167 e. The highest BCUT2D eigenvalue weighted by atomic mass is 16.1. The number of piperidine rings is 1. The molecule has 0 aliphatic carbocycles. The number of Topliss-reactive ketones (excluding diaryl/α,β-unsaturated/α-hetero) is 2. The molecule has 0 radical (unpaired) electrons. The van der Waals surface area contributed by atoms with Gasteiger partial charge in [-0.1, -0.05) is 78.9 Å². The minimum Gasteiger partial charge on any atom is -0.330 e. The van der Waals surface area contributed by atoms with Gasteiger partial charge in [0, 0.05) is 42.0 Å². The van der Waals surface area contributed by atoms with Gasteiger partial charge < -0.3 is 10.6 Å². The number of ketones is 2. The zero-order valence-electron chi connectivity index (χ0n) is 20.1. The molecule has 34 heavy (non-hydrogen) atoms. The first-order chi connectivity index (χ1) is 16.5. The number of benzene rings is 3. The lowest BCUT2D eigenvalue weighted by Gasteiger charge is -2.43. The number of hydrogen-bond acceptors (Lipinski definition) is 4. The van der Waals surface area contributed by atoms with Crippen LogP contribution >= 0.6 is 0 Å². The average Bonchev–Trinajstić information content (AvgIpc) is 2.89. The van der Waals surface area contributed by atoms with E-state index in [1.807, 2.05) is 66.7 Å². The molecule has 176 valence electrons. The predicted octanol–water partition coefficient (Wildman–Crippen LogP) is 5.05. The molecule has 3 aromatic rings. The first-order valence-electron chi connectivity index (χ1n) is 12.2. The third-order valence-corrected chi connectivity index (χ3v) is 7.25. The molecular weight excluding hydrogens is 420 g/mol. The van der Waals surface area contributed by atoms with E-state index in [1.165, 1.54) is 11.1 Å². The van der Waals surface area contributed by atoms with Crippen molar-refractivity contribution in [1.29, 1.82) is 0 Å². The van der Waals surface area contributed by atoms with Crippen molar-refractivity contribution in [2.75, 3.05) is 26.2 Å². The quantitative estimate of drug-likeness (QED) is 0.484. The van der Waals surface area contributed by atoms with E-state index < -0.39 is 0 Å². The second-order valence-corrected chi connectivity index (χ2v) is 9.39. The monoisotopic (exact) mass is 454 g/mol. The van der Waals surface area contributed by atoms with E-state index in [0.717, 1.165) is 18.5 Å². The number of rotatable bonds is 8. The number of carbonyl (C=O) groups excluding carboxylic acids is 2. The molecular formula is C30H34N2O2. The summed E-state index contributed by atoms with van der Waals surface area (Å²) in [5.74, 6) is -0.599. The highest BCUT2D eigenvalue weighted by molar-refractivity contribution is 6.02. The van der Waals surface area contributed by atoms with E-state index in [0.29, 0.717) is 30.8 Å². The summed E-state index contributed by atoms with van der Waals surface area (Å²) in [5, 5.41) is 0. The molecule has 0 amide bonds. The summed E-state index contributed by atoms with van der Waals surface area (Å²) < 4.78 is 0. The van der Waals surface area contributed by atoms with Crippen LogP contribution in [0.1, 0.15) is 49.7 Å². The van der Waals surface area contributed by atoms with Crippen molar-refractivity contribution in [2.45, 2.75) is 26.2 Å². The van der Waals surface area contributed by atoms with Crippen LogP contribution in [0.15, 0.2) is 78.9 Å². The van der Waals surface area contributed by atoms with Crippen LogP contribution in [0.2, 0.25) is 0 Å². The summed E-state index contributed by atoms with van der Waals surface area (Å²) in [6, 6.07) is 25.3. The van der Waals surface area contributed by atoms with Crippen LogP contribution in [0.4, 0.5) is 0 Å². The summed E-state index contributed by atoms with van der Waals surface area (Å²) in [5.41, 5.74) is 10.7. The fraction of sp³-hybridized carbons (Fsp3) is 0.333. The Hall–Kier alpha value is -3.08. The number of hydrogen-bond donors (Lipinski definition) is 1. The van der Waals surface area contributed by atoms with E-state index in [2.05, 4.69) is 30.9 Å². The van der Waals surface area contributed by atoms with Gasteiger partial charge in [0.2, 0.25) is 0 Å². The Balaban J connectivity index is 1.83. The van der Waals surface area contributed by atoms with Crippen LogP contribution in [-0.2, 0) is 0 Å². The van der Waals surface area contributed by atoms with E-state index in [-0.39, 0.29) is 29.3 Å². The van der Waals surface area contributed by atoms with Gasteiger partial charge in [-0.05, 0) is 50.0 Å². The first-order valence-corrected chi connectivity index (χ1v) is 12.2.